The van der Waals surface area contributed by atoms with Gasteiger partial charge in [-0.15, -0.1) is 11.3 Å². The first-order valence-corrected chi connectivity index (χ1v) is 11.5. The molecule has 1 aliphatic heterocycles. The van der Waals surface area contributed by atoms with E-state index in [0.717, 1.165) is 39.4 Å². The largest absolute Gasteiger partial charge is 0.492 e. The number of aryl methyl sites for hydroxylation is 2. The molecule has 0 saturated carbocycles. The molecule has 0 spiro atoms. The normalized spacial score (nSPS) is 14.9. The minimum atomic E-state index is -0.238. The number of rotatable bonds is 5. The molecule has 0 bridgehead atoms. The van der Waals surface area contributed by atoms with Gasteiger partial charge in [0.25, 0.3) is 5.91 Å². The predicted molar refractivity (Wildman–Crippen MR) is 126 cm³/mol. The summed E-state index contributed by atoms with van der Waals surface area (Å²) < 4.78 is 13.5. The number of carbonyl (C=O) groups excluding carboxylic acids is 1. The van der Waals surface area contributed by atoms with E-state index < -0.39 is 0 Å². The lowest BCUT2D eigenvalue weighted by molar-refractivity contribution is 0.102. The monoisotopic (exact) mass is 448 g/mol. The van der Waals surface area contributed by atoms with Crippen molar-refractivity contribution in [1.82, 2.24) is 14.8 Å². The molecule has 5 rings (SSSR count). The molecule has 7 nitrogen and oxygen atoms in total. The van der Waals surface area contributed by atoms with Crippen LogP contribution < -0.4 is 14.8 Å². The molecule has 3 aromatic heterocycles. The molecule has 164 valence electrons. The maximum Gasteiger partial charge on any atom is 0.256 e. The van der Waals surface area contributed by atoms with E-state index in [-0.39, 0.29) is 12.0 Å². The van der Waals surface area contributed by atoms with E-state index in [1.54, 1.807) is 16.0 Å². The molecule has 8 heteroatoms. The van der Waals surface area contributed by atoms with E-state index in [2.05, 4.69) is 10.4 Å². The van der Waals surface area contributed by atoms with Gasteiger partial charge in [0, 0.05) is 25.1 Å². The zero-order chi connectivity index (χ0) is 22.4. The maximum atomic E-state index is 13.6. The van der Waals surface area contributed by atoms with Crippen LogP contribution >= 0.6 is 11.3 Å². The summed E-state index contributed by atoms with van der Waals surface area (Å²) in [5.41, 5.74) is 4.39. The Morgan fingerprint density at radius 1 is 1.38 bits per heavy atom. The molecule has 1 amide bonds. The van der Waals surface area contributed by atoms with Gasteiger partial charge in [-0.2, -0.15) is 5.10 Å². The van der Waals surface area contributed by atoms with Crippen LogP contribution in [0.2, 0.25) is 0 Å². The van der Waals surface area contributed by atoms with Crippen molar-refractivity contribution < 1.29 is 14.3 Å². The minimum absolute atomic E-state index is 0.108. The second-order valence-electron chi connectivity index (χ2n) is 7.92. The number of carbonyl (C=O) groups is 1. The van der Waals surface area contributed by atoms with Gasteiger partial charge in [-0.05, 0) is 44.4 Å². The van der Waals surface area contributed by atoms with Crippen LogP contribution in [-0.2, 0) is 13.5 Å². The Bertz CT molecular complexity index is 1330. The summed E-state index contributed by atoms with van der Waals surface area (Å²) in [6.07, 6.45) is 0.935. The molecule has 1 unspecified atom stereocenters. The van der Waals surface area contributed by atoms with E-state index in [9.17, 15) is 4.79 Å². The number of aromatic nitrogens is 3. The Balaban J connectivity index is 1.59. The lowest BCUT2D eigenvalue weighted by Crippen LogP contribution is -2.14. The number of ether oxygens (including phenoxy) is 2. The fourth-order valence-corrected chi connectivity index (χ4v) is 4.86. The highest BCUT2D eigenvalue weighted by atomic mass is 32.1. The number of pyridine rings is 1. The van der Waals surface area contributed by atoms with Crippen molar-refractivity contribution in [3.05, 3.63) is 52.5 Å². The summed E-state index contributed by atoms with van der Waals surface area (Å²) in [6.45, 7) is 6.35. The lowest BCUT2D eigenvalue weighted by atomic mass is 10.1. The second kappa shape index (κ2) is 7.94. The smallest absolute Gasteiger partial charge is 0.256 e. The molecule has 0 aliphatic carbocycles. The molecular weight excluding hydrogens is 424 g/mol. The Morgan fingerprint density at radius 3 is 2.97 bits per heavy atom. The van der Waals surface area contributed by atoms with Crippen molar-refractivity contribution in [2.45, 2.75) is 33.3 Å². The fraction of sp³-hybridized carbons (Fsp3) is 0.292. The van der Waals surface area contributed by atoms with Crippen LogP contribution in [0.1, 0.15) is 35.5 Å². The van der Waals surface area contributed by atoms with E-state index in [1.807, 2.05) is 63.5 Å². The third kappa shape index (κ3) is 3.50. The van der Waals surface area contributed by atoms with Crippen molar-refractivity contribution in [2.75, 3.05) is 11.9 Å². The van der Waals surface area contributed by atoms with Crippen molar-refractivity contribution >= 4 is 34.0 Å². The van der Waals surface area contributed by atoms with Gasteiger partial charge in [0.1, 0.15) is 17.6 Å². The first-order chi connectivity index (χ1) is 15.4. The highest BCUT2D eigenvalue weighted by molar-refractivity contribution is 7.13. The quantitative estimate of drug-likeness (QED) is 0.466. The van der Waals surface area contributed by atoms with Crippen LogP contribution in [0.3, 0.4) is 0 Å². The number of nitrogens with one attached hydrogen (secondary N) is 1. The van der Waals surface area contributed by atoms with E-state index >= 15 is 0 Å². The van der Waals surface area contributed by atoms with E-state index in [1.165, 1.54) is 0 Å². The Hall–Kier alpha value is -3.39. The number of fused-ring (bicyclic) bond motifs is 2. The van der Waals surface area contributed by atoms with Gasteiger partial charge in [0.15, 0.2) is 5.65 Å². The molecule has 0 radical (unpaired) electrons. The Morgan fingerprint density at radius 2 is 2.22 bits per heavy atom. The Labute approximate surface area is 190 Å². The SMILES string of the molecule is CCOc1cc2c(cc1NC(=O)c1cc(-c3cccs3)nc3c1c(C)nn3C)OC(C)C2. The molecule has 1 aromatic carbocycles. The summed E-state index contributed by atoms with van der Waals surface area (Å²) in [6, 6.07) is 9.63. The van der Waals surface area contributed by atoms with Crippen LogP contribution in [-0.4, -0.2) is 33.4 Å². The number of hydrogen-bond donors (Lipinski definition) is 1. The maximum absolute atomic E-state index is 13.6. The van der Waals surface area contributed by atoms with Gasteiger partial charge in [0.2, 0.25) is 0 Å². The van der Waals surface area contributed by atoms with Gasteiger partial charge >= 0.3 is 0 Å². The second-order valence-corrected chi connectivity index (χ2v) is 8.86. The molecule has 1 aliphatic rings. The molecular formula is C24H24N4O3S. The summed E-state index contributed by atoms with van der Waals surface area (Å²) in [7, 11) is 1.84. The minimum Gasteiger partial charge on any atom is -0.492 e. The average molecular weight is 449 g/mol. The lowest BCUT2D eigenvalue weighted by Gasteiger charge is -2.14. The Kier molecular flexibility index (Phi) is 5.09. The summed E-state index contributed by atoms with van der Waals surface area (Å²) in [5.74, 6) is 1.19. The van der Waals surface area contributed by atoms with Crippen molar-refractivity contribution in [3.8, 4) is 22.1 Å². The van der Waals surface area contributed by atoms with Gasteiger partial charge in [-0.1, -0.05) is 6.07 Å². The van der Waals surface area contributed by atoms with Gasteiger partial charge in [0.05, 0.1) is 39.5 Å². The van der Waals surface area contributed by atoms with Crippen molar-refractivity contribution in [3.63, 3.8) is 0 Å². The summed E-state index contributed by atoms with van der Waals surface area (Å²) >= 11 is 1.58. The molecule has 32 heavy (non-hydrogen) atoms. The molecule has 1 atom stereocenters. The average Bonchev–Trinajstić information content (AvgIpc) is 3.47. The summed E-state index contributed by atoms with van der Waals surface area (Å²) in [4.78, 5) is 19.3. The number of anilines is 1. The molecule has 0 fully saturated rings. The molecule has 4 aromatic rings. The number of amides is 1. The molecule has 0 saturated heterocycles. The molecule has 4 heterocycles. The highest BCUT2D eigenvalue weighted by Gasteiger charge is 2.24. The van der Waals surface area contributed by atoms with Gasteiger partial charge < -0.3 is 14.8 Å². The number of thiophene rings is 1. The van der Waals surface area contributed by atoms with Crippen LogP contribution in [0.25, 0.3) is 21.6 Å². The number of benzene rings is 1. The first kappa shape index (κ1) is 20.5. The third-order valence-corrected chi connectivity index (χ3v) is 6.43. The third-order valence-electron chi connectivity index (χ3n) is 5.53. The molecule has 1 N–H and O–H groups in total. The van der Waals surface area contributed by atoms with Crippen LogP contribution in [0.5, 0.6) is 11.5 Å². The number of nitrogens with zero attached hydrogens (tertiary/aromatic N) is 3. The number of hydrogen-bond acceptors (Lipinski definition) is 6. The van der Waals surface area contributed by atoms with Crippen molar-refractivity contribution in [1.29, 1.82) is 0 Å². The summed E-state index contributed by atoms with van der Waals surface area (Å²) in [5, 5.41) is 10.3. The van der Waals surface area contributed by atoms with Crippen molar-refractivity contribution in [2.24, 2.45) is 7.05 Å². The zero-order valence-electron chi connectivity index (χ0n) is 18.4. The van der Waals surface area contributed by atoms with Crippen LogP contribution in [0, 0.1) is 6.92 Å². The van der Waals surface area contributed by atoms with Crippen LogP contribution in [0.4, 0.5) is 5.69 Å². The highest BCUT2D eigenvalue weighted by Crippen LogP contribution is 2.38. The standard InChI is InChI=1S/C24H24N4O3S/c1-5-30-20-10-15-9-13(2)31-19(15)12-17(20)26-24(29)16-11-18(21-7-6-8-32-21)25-23-22(16)14(3)27-28(23)4/h6-8,10-13H,5,9H2,1-4H3,(H,26,29). The topological polar surface area (TPSA) is 78.3 Å². The van der Waals surface area contributed by atoms with Gasteiger partial charge in [-0.25, -0.2) is 4.98 Å². The fourth-order valence-electron chi connectivity index (χ4n) is 4.18. The van der Waals surface area contributed by atoms with E-state index in [0.29, 0.717) is 29.3 Å². The van der Waals surface area contributed by atoms with Gasteiger partial charge in [-0.3, -0.25) is 9.48 Å². The first-order valence-electron chi connectivity index (χ1n) is 10.6. The zero-order valence-corrected chi connectivity index (χ0v) is 19.2. The van der Waals surface area contributed by atoms with E-state index in [4.69, 9.17) is 14.5 Å². The predicted octanol–water partition coefficient (Wildman–Crippen LogP) is 4.98. The van der Waals surface area contributed by atoms with Crippen LogP contribution in [0.15, 0.2) is 35.7 Å².